The van der Waals surface area contributed by atoms with Crippen molar-refractivity contribution in [3.05, 3.63) is 63.6 Å². The van der Waals surface area contributed by atoms with Gasteiger partial charge >= 0.3 is 6.03 Å². The van der Waals surface area contributed by atoms with Gasteiger partial charge in [-0.3, -0.25) is 4.79 Å². The van der Waals surface area contributed by atoms with Gasteiger partial charge in [0.05, 0.1) is 11.7 Å². The lowest BCUT2D eigenvalue weighted by atomic mass is 9.90. The largest absolute Gasteiger partial charge is 0.333 e. The second-order valence-electron chi connectivity index (χ2n) is 8.10. The quantitative estimate of drug-likeness (QED) is 0.650. The van der Waals surface area contributed by atoms with Crippen molar-refractivity contribution in [2.75, 3.05) is 24.5 Å². The average molecular weight is 491 g/mol. The summed E-state index contributed by atoms with van der Waals surface area (Å²) in [6, 6.07) is 14.6. The number of piperidine rings is 1. The zero-order valence-electron chi connectivity index (χ0n) is 16.7. The summed E-state index contributed by atoms with van der Waals surface area (Å²) in [6.07, 6.45) is 3.54. The van der Waals surface area contributed by atoms with Crippen molar-refractivity contribution < 1.29 is 9.59 Å². The normalized spacial score (nSPS) is 21.0. The lowest BCUT2D eigenvalue weighted by Gasteiger charge is -2.37. The van der Waals surface area contributed by atoms with E-state index >= 15 is 0 Å². The van der Waals surface area contributed by atoms with Crippen LogP contribution >= 0.6 is 27.5 Å². The number of hydrogen-bond donors (Lipinski definition) is 1. The average Bonchev–Trinajstić information content (AvgIpc) is 2.72. The molecule has 2 aliphatic heterocycles. The molecule has 0 spiro atoms. The van der Waals surface area contributed by atoms with Crippen LogP contribution in [0.1, 0.15) is 24.8 Å². The maximum atomic E-state index is 12.6. The van der Waals surface area contributed by atoms with Crippen LogP contribution in [0.25, 0.3) is 0 Å². The Morgan fingerprint density at radius 1 is 1.07 bits per heavy atom. The monoisotopic (exact) mass is 489 g/mol. The third-order valence-electron chi connectivity index (χ3n) is 5.92. The summed E-state index contributed by atoms with van der Waals surface area (Å²) >= 11 is 9.77. The highest BCUT2D eigenvalue weighted by Crippen LogP contribution is 2.28. The Morgan fingerprint density at radius 2 is 1.80 bits per heavy atom. The Morgan fingerprint density at radius 3 is 2.50 bits per heavy atom. The Bertz CT molecular complexity index is 898. The first-order valence-electron chi connectivity index (χ1n) is 10.3. The molecule has 158 valence electrons. The number of para-hydroxylation sites is 1. The number of likely N-dealkylation sites (tertiary alicyclic amines) is 1. The van der Waals surface area contributed by atoms with Gasteiger partial charge in [-0.1, -0.05) is 45.7 Å². The molecule has 0 radical (unpaired) electrons. The van der Waals surface area contributed by atoms with Crippen LogP contribution in [0.5, 0.6) is 0 Å². The minimum atomic E-state index is -0.330. The van der Waals surface area contributed by atoms with E-state index < -0.39 is 0 Å². The van der Waals surface area contributed by atoms with Crippen LogP contribution in [-0.2, 0) is 11.2 Å². The molecule has 0 aromatic heterocycles. The second-order valence-corrected chi connectivity index (χ2v) is 9.39. The van der Waals surface area contributed by atoms with E-state index in [1.165, 1.54) is 10.5 Å². The molecule has 3 amide bonds. The van der Waals surface area contributed by atoms with Gasteiger partial charge in [0.2, 0.25) is 5.91 Å². The number of nitrogens with one attached hydrogen (secondary N) is 1. The highest BCUT2D eigenvalue weighted by atomic mass is 79.9. The topological polar surface area (TPSA) is 52.7 Å². The van der Waals surface area contributed by atoms with Gasteiger partial charge in [-0.05, 0) is 74.2 Å². The SMILES string of the molecule is O=C1CC(CN2CCC(Cc3cc(Cl)ccc3Br)CC2)NC(=O)N1c1ccccc1. The Kier molecular flexibility index (Phi) is 6.76. The van der Waals surface area contributed by atoms with E-state index in [0.717, 1.165) is 41.8 Å². The van der Waals surface area contributed by atoms with E-state index in [1.54, 1.807) is 12.1 Å². The molecule has 30 heavy (non-hydrogen) atoms. The predicted molar refractivity (Wildman–Crippen MR) is 123 cm³/mol. The van der Waals surface area contributed by atoms with E-state index in [2.05, 4.69) is 26.1 Å². The number of rotatable bonds is 5. The zero-order valence-corrected chi connectivity index (χ0v) is 19.0. The molecule has 4 rings (SSSR count). The number of amides is 3. The smallest absolute Gasteiger partial charge is 0.329 e. The Labute approximate surface area is 190 Å². The Hall–Kier alpha value is -1.89. The molecule has 0 bridgehead atoms. The first-order valence-corrected chi connectivity index (χ1v) is 11.5. The predicted octanol–water partition coefficient (Wildman–Crippen LogP) is 4.87. The zero-order chi connectivity index (χ0) is 21.1. The molecular weight excluding hydrogens is 466 g/mol. The molecule has 2 aromatic rings. The number of anilines is 1. The minimum Gasteiger partial charge on any atom is -0.333 e. The number of carbonyl (C=O) groups excluding carboxylic acids is 2. The first-order chi connectivity index (χ1) is 14.5. The number of benzene rings is 2. The summed E-state index contributed by atoms with van der Waals surface area (Å²) < 4.78 is 1.11. The molecule has 1 atom stereocenters. The van der Waals surface area contributed by atoms with Crippen molar-refractivity contribution in [3.63, 3.8) is 0 Å². The number of nitrogens with zero attached hydrogens (tertiary/aromatic N) is 2. The standard InChI is InChI=1S/C23H25BrClN3O2/c24-21-7-6-18(25)13-17(21)12-16-8-10-27(11-9-16)15-19-14-22(29)28(23(30)26-19)20-4-2-1-3-5-20/h1-7,13,16,19H,8-12,14-15H2,(H,26,30). The fraction of sp³-hybridized carbons (Fsp3) is 0.391. The van der Waals surface area contributed by atoms with Crippen LogP contribution in [0.4, 0.5) is 10.5 Å². The highest BCUT2D eigenvalue weighted by molar-refractivity contribution is 9.10. The highest BCUT2D eigenvalue weighted by Gasteiger charge is 2.34. The number of halogens is 2. The van der Waals surface area contributed by atoms with Crippen molar-refractivity contribution in [1.82, 2.24) is 10.2 Å². The van der Waals surface area contributed by atoms with Gasteiger partial charge in [-0.25, -0.2) is 9.69 Å². The van der Waals surface area contributed by atoms with Gasteiger partial charge in [-0.2, -0.15) is 0 Å². The third kappa shape index (κ3) is 5.05. The van der Waals surface area contributed by atoms with Crippen LogP contribution in [0.15, 0.2) is 53.0 Å². The van der Waals surface area contributed by atoms with E-state index in [0.29, 0.717) is 24.6 Å². The summed E-state index contributed by atoms with van der Waals surface area (Å²) in [7, 11) is 0. The van der Waals surface area contributed by atoms with Crippen LogP contribution in [0, 0.1) is 5.92 Å². The van der Waals surface area contributed by atoms with Gasteiger partial charge in [0.1, 0.15) is 0 Å². The molecular formula is C23H25BrClN3O2. The molecule has 0 saturated carbocycles. The summed E-state index contributed by atoms with van der Waals surface area (Å²) in [5, 5.41) is 3.78. The minimum absolute atomic E-state index is 0.136. The molecule has 1 N–H and O–H groups in total. The fourth-order valence-corrected chi connectivity index (χ4v) is 4.95. The van der Waals surface area contributed by atoms with Crippen molar-refractivity contribution in [1.29, 1.82) is 0 Å². The Balaban J connectivity index is 1.28. The summed E-state index contributed by atoms with van der Waals surface area (Å²) in [5.41, 5.74) is 1.87. The molecule has 7 heteroatoms. The van der Waals surface area contributed by atoms with Crippen molar-refractivity contribution in [2.24, 2.45) is 5.92 Å². The van der Waals surface area contributed by atoms with Gasteiger partial charge in [-0.15, -0.1) is 0 Å². The summed E-state index contributed by atoms with van der Waals surface area (Å²) in [6.45, 7) is 2.67. The number of carbonyl (C=O) groups is 2. The van der Waals surface area contributed by atoms with Crippen molar-refractivity contribution in [3.8, 4) is 0 Å². The number of imide groups is 1. The van der Waals surface area contributed by atoms with Crippen LogP contribution in [-0.4, -0.2) is 42.5 Å². The van der Waals surface area contributed by atoms with Crippen molar-refractivity contribution >= 4 is 45.2 Å². The van der Waals surface area contributed by atoms with E-state index in [1.807, 2.05) is 36.4 Å². The molecule has 2 aliphatic rings. The lowest BCUT2D eigenvalue weighted by molar-refractivity contribution is -0.119. The van der Waals surface area contributed by atoms with E-state index in [9.17, 15) is 9.59 Å². The fourth-order valence-electron chi connectivity index (χ4n) is 4.35. The summed E-state index contributed by atoms with van der Waals surface area (Å²) in [4.78, 5) is 28.7. The molecule has 2 heterocycles. The molecule has 1 unspecified atom stereocenters. The molecule has 2 saturated heterocycles. The summed E-state index contributed by atoms with van der Waals surface area (Å²) in [5.74, 6) is 0.475. The second kappa shape index (κ2) is 9.50. The molecule has 2 fully saturated rings. The molecule has 0 aliphatic carbocycles. The van der Waals surface area contributed by atoms with E-state index in [4.69, 9.17) is 11.6 Å². The van der Waals surface area contributed by atoms with Gasteiger partial charge in [0.25, 0.3) is 0 Å². The number of hydrogen-bond acceptors (Lipinski definition) is 3. The van der Waals surface area contributed by atoms with Crippen LogP contribution in [0.3, 0.4) is 0 Å². The first kappa shape index (κ1) is 21.3. The van der Waals surface area contributed by atoms with Gasteiger partial charge < -0.3 is 10.2 Å². The van der Waals surface area contributed by atoms with Gasteiger partial charge in [0.15, 0.2) is 0 Å². The van der Waals surface area contributed by atoms with Crippen LogP contribution in [0.2, 0.25) is 5.02 Å². The van der Waals surface area contributed by atoms with E-state index in [-0.39, 0.29) is 18.0 Å². The maximum absolute atomic E-state index is 12.6. The lowest BCUT2D eigenvalue weighted by Crippen LogP contribution is -2.58. The number of urea groups is 1. The molecule has 2 aromatic carbocycles. The van der Waals surface area contributed by atoms with Crippen molar-refractivity contribution in [2.45, 2.75) is 31.7 Å². The molecule has 5 nitrogen and oxygen atoms in total. The third-order valence-corrected chi connectivity index (χ3v) is 6.93. The van der Waals surface area contributed by atoms with Gasteiger partial charge in [0, 0.05) is 22.5 Å². The maximum Gasteiger partial charge on any atom is 0.329 e. The van der Waals surface area contributed by atoms with Crippen LogP contribution < -0.4 is 10.2 Å².